The Morgan fingerprint density at radius 1 is 1.42 bits per heavy atom. The van der Waals surface area contributed by atoms with E-state index in [1.54, 1.807) is 17.9 Å². The van der Waals surface area contributed by atoms with Crippen LogP contribution in [0.15, 0.2) is 18.2 Å². The number of hydrogen-bond donors (Lipinski definition) is 1. The summed E-state index contributed by atoms with van der Waals surface area (Å²) in [4.78, 5) is 24.5. The lowest BCUT2D eigenvalue weighted by Gasteiger charge is -2.23. The Hall–Kier alpha value is -1.91. The van der Waals surface area contributed by atoms with Gasteiger partial charge in [0.05, 0.1) is 16.7 Å². The molecular formula is C14H16FNO3. The maximum Gasteiger partial charge on any atom is 0.311 e. The van der Waals surface area contributed by atoms with Crippen LogP contribution in [0.1, 0.15) is 30.6 Å². The molecule has 0 saturated carbocycles. The SMILES string of the molecule is CC(=O)c1c(F)cccc1N1CCC(C)(C(=O)O)C1. The lowest BCUT2D eigenvalue weighted by molar-refractivity contribution is -0.146. The number of hydrogen-bond acceptors (Lipinski definition) is 3. The van der Waals surface area contributed by atoms with Gasteiger partial charge in [-0.1, -0.05) is 6.07 Å². The zero-order valence-electron chi connectivity index (χ0n) is 10.9. The fourth-order valence-corrected chi connectivity index (χ4v) is 2.47. The Morgan fingerprint density at radius 3 is 2.63 bits per heavy atom. The average Bonchev–Trinajstić information content (AvgIpc) is 2.72. The number of carboxylic acid groups (broad SMARTS) is 1. The number of halogens is 1. The average molecular weight is 265 g/mol. The molecule has 1 aliphatic rings. The number of benzene rings is 1. The van der Waals surface area contributed by atoms with E-state index in [2.05, 4.69) is 0 Å². The van der Waals surface area contributed by atoms with E-state index in [9.17, 15) is 19.1 Å². The van der Waals surface area contributed by atoms with E-state index in [0.717, 1.165) is 0 Å². The number of Topliss-reactive ketones (excluding diaryl/α,β-unsaturated/α-hetero) is 1. The highest BCUT2D eigenvalue weighted by Crippen LogP contribution is 2.35. The molecule has 1 aromatic rings. The number of carboxylic acids is 1. The second-order valence-electron chi connectivity index (χ2n) is 5.23. The van der Waals surface area contributed by atoms with Crippen molar-refractivity contribution in [1.82, 2.24) is 0 Å². The number of ketones is 1. The summed E-state index contributed by atoms with van der Waals surface area (Å²) in [6.07, 6.45) is 0.482. The fourth-order valence-electron chi connectivity index (χ4n) is 2.47. The van der Waals surface area contributed by atoms with Crippen molar-refractivity contribution < 1.29 is 19.1 Å². The van der Waals surface area contributed by atoms with Gasteiger partial charge in [-0.05, 0) is 32.4 Å². The van der Waals surface area contributed by atoms with Crippen molar-refractivity contribution in [3.05, 3.63) is 29.6 Å². The van der Waals surface area contributed by atoms with Crippen molar-refractivity contribution in [3.8, 4) is 0 Å². The van der Waals surface area contributed by atoms with E-state index in [4.69, 9.17) is 0 Å². The van der Waals surface area contributed by atoms with Crippen molar-refractivity contribution in [1.29, 1.82) is 0 Å². The van der Waals surface area contributed by atoms with Crippen molar-refractivity contribution in [2.45, 2.75) is 20.3 Å². The molecule has 4 nitrogen and oxygen atoms in total. The molecule has 5 heteroatoms. The van der Waals surface area contributed by atoms with Gasteiger partial charge in [0, 0.05) is 13.1 Å². The lowest BCUT2D eigenvalue weighted by atomic mass is 9.90. The molecule has 102 valence electrons. The summed E-state index contributed by atoms with van der Waals surface area (Å²) in [5, 5.41) is 9.20. The highest BCUT2D eigenvalue weighted by Gasteiger charge is 2.41. The second-order valence-corrected chi connectivity index (χ2v) is 5.23. The molecule has 0 radical (unpaired) electrons. The number of aliphatic carboxylic acids is 1. The van der Waals surface area contributed by atoms with Gasteiger partial charge in [0.25, 0.3) is 0 Å². The first kappa shape index (κ1) is 13.5. The maximum atomic E-state index is 13.7. The molecule has 1 aliphatic heterocycles. The standard InChI is InChI=1S/C14H16FNO3/c1-9(17)12-10(15)4-3-5-11(12)16-7-6-14(2,8-16)13(18)19/h3-5H,6-8H2,1-2H3,(H,18,19). The van der Waals surface area contributed by atoms with E-state index in [1.165, 1.54) is 19.1 Å². The molecule has 2 rings (SSSR count). The number of anilines is 1. The Labute approximate surface area is 110 Å². The molecule has 1 fully saturated rings. The molecule has 0 aromatic heterocycles. The van der Waals surface area contributed by atoms with Gasteiger partial charge in [0.15, 0.2) is 5.78 Å². The highest BCUT2D eigenvalue weighted by atomic mass is 19.1. The van der Waals surface area contributed by atoms with Gasteiger partial charge >= 0.3 is 5.97 Å². The van der Waals surface area contributed by atoms with Gasteiger partial charge in [0.2, 0.25) is 0 Å². The first-order valence-electron chi connectivity index (χ1n) is 6.13. The third kappa shape index (κ3) is 2.32. The monoisotopic (exact) mass is 265 g/mol. The van der Waals surface area contributed by atoms with E-state index in [-0.39, 0.29) is 17.9 Å². The molecule has 0 aliphatic carbocycles. The van der Waals surface area contributed by atoms with Gasteiger partial charge < -0.3 is 10.0 Å². The minimum absolute atomic E-state index is 0.0390. The zero-order chi connectivity index (χ0) is 14.2. The molecule has 19 heavy (non-hydrogen) atoms. The van der Waals surface area contributed by atoms with Crippen LogP contribution >= 0.6 is 0 Å². The van der Waals surface area contributed by atoms with Crippen LogP contribution in [0.5, 0.6) is 0 Å². The molecule has 1 aromatic carbocycles. The Bertz CT molecular complexity index is 543. The van der Waals surface area contributed by atoms with Crippen molar-refractivity contribution >= 4 is 17.4 Å². The third-order valence-electron chi connectivity index (χ3n) is 3.67. The molecule has 0 spiro atoms. The minimum atomic E-state index is -0.865. The minimum Gasteiger partial charge on any atom is -0.481 e. The molecule has 1 atom stereocenters. The van der Waals surface area contributed by atoms with Crippen LogP contribution < -0.4 is 4.90 Å². The number of nitrogens with zero attached hydrogens (tertiary/aromatic N) is 1. The normalized spacial score (nSPS) is 22.6. The molecule has 1 unspecified atom stereocenters. The molecule has 0 bridgehead atoms. The molecule has 1 heterocycles. The summed E-state index contributed by atoms with van der Waals surface area (Å²) in [6.45, 7) is 3.77. The molecule has 1 saturated heterocycles. The van der Waals surface area contributed by atoms with Crippen molar-refractivity contribution in [2.24, 2.45) is 5.41 Å². The number of carbonyl (C=O) groups is 2. The molecular weight excluding hydrogens is 249 g/mol. The Kier molecular flexibility index (Phi) is 3.30. The first-order valence-corrected chi connectivity index (χ1v) is 6.13. The van der Waals surface area contributed by atoms with E-state index in [1.807, 2.05) is 0 Å². The van der Waals surface area contributed by atoms with Crippen LogP contribution in [0.3, 0.4) is 0 Å². The second kappa shape index (κ2) is 4.64. The van der Waals surface area contributed by atoms with Crippen LogP contribution in [0.25, 0.3) is 0 Å². The van der Waals surface area contributed by atoms with Gasteiger partial charge in [-0.3, -0.25) is 9.59 Å². The van der Waals surface area contributed by atoms with Crippen molar-refractivity contribution in [3.63, 3.8) is 0 Å². The van der Waals surface area contributed by atoms with Crippen LogP contribution in [-0.4, -0.2) is 29.9 Å². The van der Waals surface area contributed by atoms with Gasteiger partial charge in [-0.2, -0.15) is 0 Å². The van der Waals surface area contributed by atoms with Crippen LogP contribution in [0, 0.1) is 11.2 Å². The fraction of sp³-hybridized carbons (Fsp3) is 0.429. The molecule has 1 N–H and O–H groups in total. The zero-order valence-corrected chi connectivity index (χ0v) is 10.9. The predicted molar refractivity (Wildman–Crippen MR) is 69.0 cm³/mol. The topological polar surface area (TPSA) is 57.6 Å². The van der Waals surface area contributed by atoms with E-state index >= 15 is 0 Å². The molecule has 0 amide bonds. The summed E-state index contributed by atoms with van der Waals surface area (Å²) in [5.41, 5.74) is -0.324. The smallest absolute Gasteiger partial charge is 0.311 e. The predicted octanol–water partition coefficient (Wildman–Crippen LogP) is 2.33. The number of rotatable bonds is 3. The van der Waals surface area contributed by atoms with Gasteiger partial charge in [-0.15, -0.1) is 0 Å². The van der Waals surface area contributed by atoms with E-state index < -0.39 is 17.2 Å². The lowest BCUT2D eigenvalue weighted by Crippen LogP contribution is -2.32. The summed E-state index contributed by atoms with van der Waals surface area (Å²) in [6, 6.07) is 4.44. The van der Waals surface area contributed by atoms with Crippen molar-refractivity contribution in [2.75, 3.05) is 18.0 Å². The maximum absolute atomic E-state index is 13.7. The third-order valence-corrected chi connectivity index (χ3v) is 3.67. The van der Waals surface area contributed by atoms with Crippen LogP contribution in [0.4, 0.5) is 10.1 Å². The highest BCUT2D eigenvalue weighted by molar-refractivity contribution is 6.00. The number of carbonyl (C=O) groups excluding carboxylic acids is 1. The van der Waals surface area contributed by atoms with Crippen LogP contribution in [0.2, 0.25) is 0 Å². The summed E-state index contributed by atoms with van der Waals surface area (Å²) in [5.74, 6) is -1.78. The summed E-state index contributed by atoms with van der Waals surface area (Å²) < 4.78 is 13.7. The Morgan fingerprint density at radius 2 is 2.11 bits per heavy atom. The summed E-state index contributed by atoms with van der Waals surface area (Å²) >= 11 is 0. The van der Waals surface area contributed by atoms with Crippen LogP contribution in [-0.2, 0) is 4.79 Å². The van der Waals surface area contributed by atoms with Gasteiger partial charge in [-0.25, -0.2) is 4.39 Å². The summed E-state index contributed by atoms with van der Waals surface area (Å²) in [7, 11) is 0. The van der Waals surface area contributed by atoms with E-state index in [0.29, 0.717) is 18.7 Å². The largest absolute Gasteiger partial charge is 0.481 e. The Balaban J connectivity index is 2.37. The van der Waals surface area contributed by atoms with Gasteiger partial charge in [0.1, 0.15) is 5.82 Å². The first-order chi connectivity index (χ1) is 8.85. The quantitative estimate of drug-likeness (QED) is 0.852.